The van der Waals surface area contributed by atoms with Crippen LogP contribution in [-0.4, -0.2) is 16.7 Å². The molecule has 0 aliphatic rings. The summed E-state index contributed by atoms with van der Waals surface area (Å²) in [5.41, 5.74) is -3.48. The molecule has 10 heteroatoms. The fourth-order valence-electron chi connectivity index (χ4n) is 3.19. The largest absolute Gasteiger partial charge is 0.495 e. The lowest BCUT2D eigenvalue weighted by Crippen LogP contribution is -2.34. The molecule has 1 heterocycles. The van der Waals surface area contributed by atoms with Crippen molar-refractivity contribution in [3.63, 3.8) is 0 Å². The molecule has 0 amide bonds. The molecule has 0 unspecified atom stereocenters. The van der Waals surface area contributed by atoms with E-state index in [1.807, 2.05) is 13.8 Å². The SMILES string of the molecule is CC.COc1cccc(-c2c(C)n(Cc3c(F)cccc3C(F)(F)F)c(=O)[nH]c2=O)c1Cl. The maximum atomic E-state index is 14.3. The van der Waals surface area contributed by atoms with E-state index in [1.54, 1.807) is 12.1 Å². The number of methoxy groups -OCH3 is 1. The monoisotopic (exact) mass is 472 g/mol. The van der Waals surface area contributed by atoms with Crippen LogP contribution in [0.4, 0.5) is 17.6 Å². The molecule has 0 aliphatic heterocycles. The number of ether oxygens (including phenoxy) is 1. The number of hydrogen-bond donors (Lipinski definition) is 1. The average Bonchev–Trinajstić information content (AvgIpc) is 2.73. The molecule has 0 aliphatic carbocycles. The minimum atomic E-state index is -4.82. The van der Waals surface area contributed by atoms with Crippen molar-refractivity contribution in [2.24, 2.45) is 0 Å². The molecule has 2 aromatic carbocycles. The van der Waals surface area contributed by atoms with Crippen LogP contribution >= 0.6 is 11.6 Å². The summed E-state index contributed by atoms with van der Waals surface area (Å²) in [5.74, 6) is -0.859. The van der Waals surface area contributed by atoms with Gasteiger partial charge in [-0.3, -0.25) is 14.3 Å². The van der Waals surface area contributed by atoms with Crippen LogP contribution in [0, 0.1) is 12.7 Å². The third-order valence-electron chi connectivity index (χ3n) is 4.65. The Morgan fingerprint density at radius 1 is 1.09 bits per heavy atom. The summed E-state index contributed by atoms with van der Waals surface area (Å²) in [5, 5.41) is 0.0840. The Labute approximate surface area is 186 Å². The van der Waals surface area contributed by atoms with Gasteiger partial charge in [-0.25, -0.2) is 9.18 Å². The zero-order chi connectivity index (χ0) is 24.2. The van der Waals surface area contributed by atoms with Crippen molar-refractivity contribution >= 4 is 11.6 Å². The summed E-state index contributed by atoms with van der Waals surface area (Å²) in [6.07, 6.45) is -4.82. The average molecular weight is 473 g/mol. The van der Waals surface area contributed by atoms with E-state index in [0.29, 0.717) is 0 Å². The highest BCUT2D eigenvalue weighted by atomic mass is 35.5. The van der Waals surface area contributed by atoms with Gasteiger partial charge in [0.1, 0.15) is 11.6 Å². The first-order chi connectivity index (χ1) is 15.1. The zero-order valence-electron chi connectivity index (χ0n) is 17.7. The van der Waals surface area contributed by atoms with Crippen LogP contribution in [0.2, 0.25) is 5.02 Å². The number of hydrogen-bond acceptors (Lipinski definition) is 3. The number of alkyl halides is 3. The number of halogens is 5. The van der Waals surface area contributed by atoms with Crippen molar-refractivity contribution in [1.82, 2.24) is 9.55 Å². The van der Waals surface area contributed by atoms with E-state index in [-0.39, 0.29) is 27.6 Å². The second-order valence-electron chi connectivity index (χ2n) is 6.39. The zero-order valence-corrected chi connectivity index (χ0v) is 18.5. The first kappa shape index (κ1) is 25.2. The summed E-state index contributed by atoms with van der Waals surface area (Å²) in [4.78, 5) is 26.9. The van der Waals surface area contributed by atoms with Gasteiger partial charge in [0.25, 0.3) is 5.56 Å². The molecule has 0 atom stereocenters. The minimum Gasteiger partial charge on any atom is -0.495 e. The van der Waals surface area contributed by atoms with Gasteiger partial charge < -0.3 is 4.74 Å². The van der Waals surface area contributed by atoms with Crippen LogP contribution in [0.15, 0.2) is 46.0 Å². The van der Waals surface area contributed by atoms with Crippen molar-refractivity contribution in [2.75, 3.05) is 7.11 Å². The van der Waals surface area contributed by atoms with Gasteiger partial charge in [0.2, 0.25) is 0 Å². The van der Waals surface area contributed by atoms with E-state index in [1.165, 1.54) is 20.1 Å². The Bertz CT molecular complexity index is 1230. The molecule has 0 spiro atoms. The Kier molecular flexibility index (Phi) is 7.90. The van der Waals surface area contributed by atoms with Crippen LogP contribution in [0.5, 0.6) is 5.75 Å². The molecule has 0 fully saturated rings. The molecule has 5 nitrogen and oxygen atoms in total. The summed E-state index contributed by atoms with van der Waals surface area (Å²) in [7, 11) is 1.37. The van der Waals surface area contributed by atoms with Crippen molar-refractivity contribution in [1.29, 1.82) is 0 Å². The van der Waals surface area contributed by atoms with Crippen LogP contribution in [0.3, 0.4) is 0 Å². The van der Waals surface area contributed by atoms with Crippen molar-refractivity contribution in [3.05, 3.63) is 84.9 Å². The maximum Gasteiger partial charge on any atom is 0.416 e. The number of H-pyrrole nitrogens is 1. The summed E-state index contributed by atoms with van der Waals surface area (Å²) in [6, 6.07) is 7.15. The van der Waals surface area contributed by atoms with E-state index in [2.05, 4.69) is 4.98 Å². The highest BCUT2D eigenvalue weighted by Crippen LogP contribution is 2.36. The number of rotatable bonds is 4. The van der Waals surface area contributed by atoms with E-state index in [9.17, 15) is 27.2 Å². The Morgan fingerprint density at radius 2 is 1.72 bits per heavy atom. The van der Waals surface area contributed by atoms with E-state index in [4.69, 9.17) is 16.3 Å². The lowest BCUT2D eigenvalue weighted by atomic mass is 10.0. The number of nitrogens with zero attached hydrogens (tertiary/aromatic N) is 1. The lowest BCUT2D eigenvalue weighted by molar-refractivity contribution is -0.138. The van der Waals surface area contributed by atoms with E-state index < -0.39 is 40.9 Å². The predicted octanol–water partition coefficient (Wildman–Crippen LogP) is 5.41. The summed E-state index contributed by atoms with van der Waals surface area (Å²) in [6.45, 7) is 4.63. The van der Waals surface area contributed by atoms with Crippen molar-refractivity contribution in [3.8, 4) is 16.9 Å². The van der Waals surface area contributed by atoms with Gasteiger partial charge in [0, 0.05) is 16.8 Å². The first-order valence-corrected chi connectivity index (χ1v) is 9.95. The lowest BCUT2D eigenvalue weighted by Gasteiger charge is -2.18. The number of nitrogens with one attached hydrogen (secondary N) is 1. The fourth-order valence-corrected chi connectivity index (χ4v) is 3.49. The molecule has 0 saturated carbocycles. The topological polar surface area (TPSA) is 64.1 Å². The standard InChI is InChI=1S/C20H15ClF4N2O3.C2H6/c1-10-16(11-5-3-8-15(30-2)17(11)21)18(28)26-19(29)27(10)9-12-13(20(23,24)25)6-4-7-14(12)22;1-2/h3-8H,9H2,1-2H3,(H,26,28,29);1-2H3. The molecule has 1 aromatic heterocycles. The number of aromatic nitrogens is 2. The van der Waals surface area contributed by atoms with Gasteiger partial charge in [0.15, 0.2) is 0 Å². The van der Waals surface area contributed by atoms with Gasteiger partial charge in [-0.2, -0.15) is 13.2 Å². The highest BCUT2D eigenvalue weighted by molar-refractivity contribution is 6.34. The van der Waals surface area contributed by atoms with Gasteiger partial charge in [0.05, 0.1) is 29.8 Å². The fraction of sp³-hybridized carbons (Fsp3) is 0.273. The molecular weight excluding hydrogens is 452 g/mol. The van der Waals surface area contributed by atoms with Gasteiger partial charge in [-0.05, 0) is 25.1 Å². The second kappa shape index (κ2) is 10.0. The quantitative estimate of drug-likeness (QED) is 0.517. The smallest absolute Gasteiger partial charge is 0.416 e. The molecule has 3 aromatic rings. The number of aromatic amines is 1. The molecular formula is C22H21ClF4N2O3. The summed E-state index contributed by atoms with van der Waals surface area (Å²) < 4.78 is 60.3. The van der Waals surface area contributed by atoms with Crippen LogP contribution in [-0.2, 0) is 12.7 Å². The van der Waals surface area contributed by atoms with E-state index >= 15 is 0 Å². The van der Waals surface area contributed by atoms with Crippen LogP contribution < -0.4 is 16.0 Å². The molecule has 0 saturated heterocycles. The number of benzene rings is 2. The second-order valence-corrected chi connectivity index (χ2v) is 6.77. The third kappa shape index (κ3) is 4.88. The van der Waals surface area contributed by atoms with Crippen molar-refractivity contribution in [2.45, 2.75) is 33.5 Å². The van der Waals surface area contributed by atoms with E-state index in [0.717, 1.165) is 22.8 Å². The molecule has 32 heavy (non-hydrogen) atoms. The molecule has 3 rings (SSSR count). The highest BCUT2D eigenvalue weighted by Gasteiger charge is 2.34. The van der Waals surface area contributed by atoms with Gasteiger partial charge in [-0.15, -0.1) is 0 Å². The summed E-state index contributed by atoms with van der Waals surface area (Å²) >= 11 is 6.28. The minimum absolute atomic E-state index is 0.0234. The van der Waals surface area contributed by atoms with Gasteiger partial charge in [-0.1, -0.05) is 43.6 Å². The van der Waals surface area contributed by atoms with Crippen molar-refractivity contribution < 1.29 is 22.3 Å². The predicted molar refractivity (Wildman–Crippen MR) is 115 cm³/mol. The van der Waals surface area contributed by atoms with Crippen LogP contribution in [0.1, 0.15) is 30.7 Å². The maximum absolute atomic E-state index is 14.3. The Morgan fingerprint density at radius 3 is 2.31 bits per heavy atom. The van der Waals surface area contributed by atoms with Crippen LogP contribution in [0.25, 0.3) is 11.1 Å². The first-order valence-electron chi connectivity index (χ1n) is 9.57. The van der Waals surface area contributed by atoms with Gasteiger partial charge >= 0.3 is 11.9 Å². The molecule has 172 valence electrons. The third-order valence-corrected chi connectivity index (χ3v) is 5.04. The normalized spacial score (nSPS) is 11.0. The molecule has 1 N–H and O–H groups in total. The molecule has 0 radical (unpaired) electrons. The Hall–Kier alpha value is -3.07. The Balaban J connectivity index is 0.00000176. The molecule has 0 bridgehead atoms.